The van der Waals surface area contributed by atoms with E-state index in [2.05, 4.69) is 0 Å². The van der Waals surface area contributed by atoms with Gasteiger partial charge in [-0.3, -0.25) is 5.32 Å². The van der Waals surface area contributed by atoms with Crippen molar-refractivity contribution in [2.45, 2.75) is 6.30 Å². The maximum absolute atomic E-state index is 12.0. The Morgan fingerprint density at radius 3 is 2.14 bits per heavy atom. The molecular formula is C7H5F5N2. The Morgan fingerprint density at radius 1 is 1.07 bits per heavy atom. The van der Waals surface area contributed by atoms with E-state index in [1.54, 1.807) is 0 Å². The summed E-state index contributed by atoms with van der Waals surface area (Å²) < 4.78 is 59.5. The van der Waals surface area contributed by atoms with E-state index < -0.39 is 23.0 Å². The Kier molecular flexibility index (Phi) is 2.78. The SMILES string of the molecule is FN(F)c1ccccc1NC(F)(F)F. The number of hydrogen-bond acceptors (Lipinski definition) is 2. The van der Waals surface area contributed by atoms with E-state index in [9.17, 15) is 22.1 Å². The highest BCUT2D eigenvalue weighted by molar-refractivity contribution is 5.67. The van der Waals surface area contributed by atoms with Gasteiger partial charge in [0.25, 0.3) is 0 Å². The van der Waals surface area contributed by atoms with Crippen LogP contribution in [0.2, 0.25) is 0 Å². The first-order chi connectivity index (χ1) is 6.40. The predicted octanol–water partition coefficient (Wildman–Crippen LogP) is 3.19. The number of halogens is 5. The highest BCUT2D eigenvalue weighted by Crippen LogP contribution is 2.30. The van der Waals surface area contributed by atoms with E-state index >= 15 is 0 Å². The van der Waals surface area contributed by atoms with Gasteiger partial charge in [-0.05, 0) is 17.5 Å². The molecule has 0 radical (unpaired) electrons. The molecule has 0 unspecified atom stereocenters. The Labute approximate surface area is 75.8 Å². The van der Waals surface area contributed by atoms with Gasteiger partial charge in [0.05, 0.1) is 5.69 Å². The molecule has 7 heteroatoms. The molecule has 1 aromatic rings. The molecule has 2 nitrogen and oxygen atoms in total. The molecule has 14 heavy (non-hydrogen) atoms. The molecule has 0 spiro atoms. The third kappa shape index (κ3) is 2.75. The third-order valence-corrected chi connectivity index (χ3v) is 1.36. The largest absolute Gasteiger partial charge is 0.482 e. The van der Waals surface area contributed by atoms with Crippen molar-refractivity contribution in [2.24, 2.45) is 0 Å². The summed E-state index contributed by atoms with van der Waals surface area (Å²) in [5, 5.41) is -0.371. The zero-order valence-corrected chi connectivity index (χ0v) is 6.65. The standard InChI is InChI=1S/C7H5F5N2/c8-7(9,10)13-5-3-1-2-4-6(5)14(11)12/h1-4,13H. The molecule has 0 fully saturated rings. The fraction of sp³-hybridized carbons (Fsp3) is 0.143. The lowest BCUT2D eigenvalue weighted by Gasteiger charge is -2.13. The average Bonchev–Trinajstić information content (AvgIpc) is 2.01. The second-order valence-electron chi connectivity index (χ2n) is 2.37. The van der Waals surface area contributed by atoms with Gasteiger partial charge >= 0.3 is 6.30 Å². The van der Waals surface area contributed by atoms with Gasteiger partial charge in [0.1, 0.15) is 5.69 Å². The van der Waals surface area contributed by atoms with Crippen molar-refractivity contribution in [3.05, 3.63) is 24.3 Å². The molecule has 0 saturated carbocycles. The first kappa shape index (κ1) is 10.6. The Balaban J connectivity index is 2.96. The lowest BCUT2D eigenvalue weighted by atomic mass is 10.3. The van der Waals surface area contributed by atoms with Crippen LogP contribution in [0.5, 0.6) is 0 Å². The number of rotatable bonds is 2. The number of para-hydroxylation sites is 2. The minimum Gasteiger partial charge on any atom is -0.295 e. The molecule has 0 bridgehead atoms. The van der Waals surface area contributed by atoms with Crippen LogP contribution in [0.1, 0.15) is 0 Å². The summed E-state index contributed by atoms with van der Waals surface area (Å²) in [4.78, 5) is 0. The summed E-state index contributed by atoms with van der Waals surface area (Å²) in [7, 11) is 0. The molecule has 0 aliphatic heterocycles. The molecule has 1 rings (SSSR count). The Bertz CT molecular complexity index is 309. The van der Waals surface area contributed by atoms with Gasteiger partial charge in [-0.25, -0.2) is 0 Å². The summed E-state index contributed by atoms with van der Waals surface area (Å²) >= 11 is 0. The molecule has 1 N–H and O–H groups in total. The molecule has 78 valence electrons. The zero-order valence-electron chi connectivity index (χ0n) is 6.65. The Hall–Kier alpha value is -1.53. The van der Waals surface area contributed by atoms with Crippen molar-refractivity contribution >= 4 is 11.4 Å². The summed E-state index contributed by atoms with van der Waals surface area (Å²) in [5.41, 5.74) is -1.52. The summed E-state index contributed by atoms with van der Waals surface area (Å²) in [6, 6.07) is 4.22. The van der Waals surface area contributed by atoms with E-state index in [1.807, 2.05) is 0 Å². The molecule has 0 amide bonds. The highest BCUT2D eigenvalue weighted by atomic mass is 19.4. The van der Waals surface area contributed by atoms with Gasteiger partial charge in [0, 0.05) is 0 Å². The van der Waals surface area contributed by atoms with Crippen LogP contribution >= 0.6 is 0 Å². The quantitative estimate of drug-likeness (QED) is 0.460. The predicted molar refractivity (Wildman–Crippen MR) is 40.8 cm³/mol. The van der Waals surface area contributed by atoms with Crippen molar-refractivity contribution in [1.82, 2.24) is 0 Å². The Morgan fingerprint density at radius 2 is 1.64 bits per heavy atom. The van der Waals surface area contributed by atoms with Crippen LogP contribution in [0.3, 0.4) is 0 Å². The van der Waals surface area contributed by atoms with Crippen molar-refractivity contribution in [1.29, 1.82) is 0 Å². The zero-order chi connectivity index (χ0) is 10.8. The normalized spacial score (nSPS) is 11.2. The van der Waals surface area contributed by atoms with Crippen molar-refractivity contribution < 1.29 is 22.1 Å². The second-order valence-corrected chi connectivity index (χ2v) is 2.37. The van der Waals surface area contributed by atoms with Crippen LogP contribution in [-0.4, -0.2) is 6.30 Å². The number of benzene rings is 1. The number of anilines is 2. The van der Waals surface area contributed by atoms with Gasteiger partial charge in [-0.2, -0.15) is 13.2 Å². The van der Waals surface area contributed by atoms with Crippen LogP contribution in [0.25, 0.3) is 0 Å². The first-order valence-corrected chi connectivity index (χ1v) is 3.46. The molecular weight excluding hydrogens is 207 g/mol. The molecule has 0 aromatic heterocycles. The van der Waals surface area contributed by atoms with Gasteiger partial charge in [0.2, 0.25) is 0 Å². The van der Waals surface area contributed by atoms with Crippen LogP contribution in [0.15, 0.2) is 24.3 Å². The first-order valence-electron chi connectivity index (χ1n) is 3.46. The maximum Gasteiger partial charge on any atom is 0.482 e. The minimum atomic E-state index is -4.73. The van der Waals surface area contributed by atoms with E-state index in [4.69, 9.17) is 0 Å². The minimum absolute atomic E-state index is 0.690. The van der Waals surface area contributed by atoms with Gasteiger partial charge in [-0.15, -0.1) is 0 Å². The van der Waals surface area contributed by atoms with Gasteiger partial charge in [0.15, 0.2) is 0 Å². The van der Waals surface area contributed by atoms with E-state index in [-0.39, 0.29) is 0 Å². The molecule has 1 aromatic carbocycles. The molecule has 0 atom stereocenters. The topological polar surface area (TPSA) is 15.3 Å². The van der Waals surface area contributed by atoms with Crippen molar-refractivity contribution in [3.63, 3.8) is 0 Å². The lowest BCUT2D eigenvalue weighted by molar-refractivity contribution is -0.0999. The number of alkyl halides is 3. The summed E-state index contributed by atoms with van der Waals surface area (Å²) in [6.45, 7) is 0. The van der Waals surface area contributed by atoms with Crippen molar-refractivity contribution in [2.75, 3.05) is 10.7 Å². The van der Waals surface area contributed by atoms with E-state index in [1.165, 1.54) is 12.1 Å². The molecule has 0 aliphatic rings. The fourth-order valence-corrected chi connectivity index (χ4v) is 0.879. The summed E-state index contributed by atoms with van der Waals surface area (Å²) in [6.07, 6.45) is -4.73. The number of hydrogen-bond donors (Lipinski definition) is 1. The highest BCUT2D eigenvalue weighted by Gasteiger charge is 2.29. The second kappa shape index (κ2) is 3.69. The number of nitrogens with zero attached hydrogens (tertiary/aromatic N) is 1. The van der Waals surface area contributed by atoms with Crippen LogP contribution in [0.4, 0.5) is 33.5 Å². The van der Waals surface area contributed by atoms with Crippen LogP contribution in [0, 0.1) is 0 Å². The van der Waals surface area contributed by atoms with E-state index in [0.717, 1.165) is 17.4 Å². The number of nitrogens with one attached hydrogen (secondary N) is 1. The molecule has 0 aliphatic carbocycles. The monoisotopic (exact) mass is 212 g/mol. The van der Waals surface area contributed by atoms with Crippen molar-refractivity contribution in [3.8, 4) is 0 Å². The third-order valence-electron chi connectivity index (χ3n) is 1.36. The van der Waals surface area contributed by atoms with Crippen LogP contribution in [-0.2, 0) is 0 Å². The fourth-order valence-electron chi connectivity index (χ4n) is 0.879. The van der Waals surface area contributed by atoms with Crippen LogP contribution < -0.4 is 10.7 Å². The van der Waals surface area contributed by atoms with E-state index in [0.29, 0.717) is 0 Å². The average molecular weight is 212 g/mol. The molecule has 0 heterocycles. The maximum atomic E-state index is 12.0. The lowest BCUT2D eigenvalue weighted by Crippen LogP contribution is -2.21. The smallest absolute Gasteiger partial charge is 0.295 e. The van der Waals surface area contributed by atoms with Gasteiger partial charge in [-0.1, -0.05) is 21.1 Å². The van der Waals surface area contributed by atoms with Gasteiger partial charge < -0.3 is 0 Å². The summed E-state index contributed by atoms with van der Waals surface area (Å²) in [5.74, 6) is 0. The molecule has 0 saturated heterocycles.